The van der Waals surface area contributed by atoms with Crippen molar-refractivity contribution in [1.29, 1.82) is 0 Å². The predicted octanol–water partition coefficient (Wildman–Crippen LogP) is 7.43. The minimum Gasteiger partial charge on any atom is -0.411 e. The number of hydrogen-bond acceptors (Lipinski definition) is 3. The Labute approximate surface area is 176 Å². The molecular formula is C24H48O3Si. The quantitative estimate of drug-likeness (QED) is 0.159. The Kier molecular flexibility index (Phi) is 12.2. The summed E-state index contributed by atoms with van der Waals surface area (Å²) < 4.78 is 12.8. The second-order valence-electron chi connectivity index (χ2n) is 10.3. The normalized spacial score (nSPS) is 21.8. The van der Waals surface area contributed by atoms with Crippen LogP contribution in [0.4, 0.5) is 0 Å². The Bertz CT molecular complexity index is 417. The van der Waals surface area contributed by atoms with Gasteiger partial charge in [-0.05, 0) is 37.4 Å². The molecule has 4 heteroatoms. The highest BCUT2D eigenvalue weighted by molar-refractivity contribution is 6.74. The number of carbonyl (C=O) groups is 1. The molecule has 1 aliphatic rings. The fourth-order valence-electron chi connectivity index (χ4n) is 3.77. The molecule has 0 aromatic heterocycles. The van der Waals surface area contributed by atoms with Crippen molar-refractivity contribution in [2.75, 3.05) is 0 Å². The summed E-state index contributed by atoms with van der Waals surface area (Å²) in [6.45, 7) is 13.8. The highest BCUT2D eigenvalue weighted by Crippen LogP contribution is 2.39. The molecule has 0 bridgehead atoms. The molecule has 0 spiro atoms. The van der Waals surface area contributed by atoms with Crippen LogP contribution in [0, 0.1) is 0 Å². The second kappa shape index (κ2) is 13.2. The number of aldehydes is 1. The van der Waals surface area contributed by atoms with Crippen LogP contribution in [0.5, 0.6) is 0 Å². The van der Waals surface area contributed by atoms with Gasteiger partial charge in [-0.1, -0.05) is 91.9 Å². The van der Waals surface area contributed by atoms with Crippen molar-refractivity contribution < 1.29 is 14.0 Å². The molecule has 0 aliphatic carbocycles. The van der Waals surface area contributed by atoms with Crippen LogP contribution < -0.4 is 0 Å². The fourth-order valence-corrected chi connectivity index (χ4v) is 5.15. The molecule has 166 valence electrons. The van der Waals surface area contributed by atoms with Gasteiger partial charge in [0.1, 0.15) is 12.4 Å². The number of unbranched alkanes of at least 4 members (excludes halogenated alkanes) is 9. The number of carbonyl (C=O) groups excluding carboxylic acids is 1. The zero-order chi connectivity index (χ0) is 21.0. The minimum absolute atomic E-state index is 0.0999. The molecular weight excluding hydrogens is 364 g/mol. The smallest absolute Gasteiger partial charge is 0.192 e. The number of ether oxygens (including phenoxy) is 1. The van der Waals surface area contributed by atoms with Crippen LogP contribution in [-0.2, 0) is 14.0 Å². The van der Waals surface area contributed by atoms with E-state index < -0.39 is 8.32 Å². The summed E-state index contributed by atoms with van der Waals surface area (Å²) in [5.41, 5.74) is 0. The highest BCUT2D eigenvalue weighted by Gasteiger charge is 2.42. The summed E-state index contributed by atoms with van der Waals surface area (Å²) >= 11 is 0. The first-order valence-electron chi connectivity index (χ1n) is 12.0. The SMILES string of the molecule is CCCCCCCCCCCC[C@H](O[Si](C)(C)C(C)(C)C)[C@@H]1CC[C@H](C=O)O1. The van der Waals surface area contributed by atoms with Crippen LogP contribution in [0.1, 0.15) is 111 Å². The van der Waals surface area contributed by atoms with E-state index in [9.17, 15) is 4.79 Å². The van der Waals surface area contributed by atoms with E-state index in [1.165, 1.54) is 64.2 Å². The predicted molar refractivity (Wildman–Crippen MR) is 122 cm³/mol. The van der Waals surface area contributed by atoms with Crippen LogP contribution in [0.2, 0.25) is 18.1 Å². The molecule has 1 fully saturated rings. The Balaban J connectivity index is 2.37. The van der Waals surface area contributed by atoms with Gasteiger partial charge >= 0.3 is 0 Å². The van der Waals surface area contributed by atoms with Gasteiger partial charge in [-0.15, -0.1) is 0 Å². The Morgan fingerprint density at radius 1 is 0.964 bits per heavy atom. The monoisotopic (exact) mass is 412 g/mol. The summed E-state index contributed by atoms with van der Waals surface area (Å²) in [4.78, 5) is 11.1. The second-order valence-corrected chi connectivity index (χ2v) is 15.1. The molecule has 0 aromatic carbocycles. The van der Waals surface area contributed by atoms with E-state index in [1.54, 1.807) is 0 Å². The maximum atomic E-state index is 11.1. The van der Waals surface area contributed by atoms with Gasteiger partial charge in [0, 0.05) is 0 Å². The van der Waals surface area contributed by atoms with E-state index in [-0.39, 0.29) is 23.4 Å². The summed E-state index contributed by atoms with van der Waals surface area (Å²) in [6.07, 6.45) is 17.4. The Morgan fingerprint density at radius 2 is 1.50 bits per heavy atom. The van der Waals surface area contributed by atoms with E-state index in [0.29, 0.717) is 0 Å². The molecule has 0 amide bonds. The molecule has 0 saturated carbocycles. The summed E-state index contributed by atoms with van der Waals surface area (Å²) in [5, 5.41) is 0.200. The lowest BCUT2D eigenvalue weighted by Crippen LogP contribution is -2.47. The first-order chi connectivity index (χ1) is 13.2. The maximum absolute atomic E-state index is 11.1. The Hall–Kier alpha value is -0.193. The van der Waals surface area contributed by atoms with E-state index in [1.807, 2.05) is 0 Å². The van der Waals surface area contributed by atoms with Gasteiger partial charge in [-0.2, -0.15) is 0 Å². The van der Waals surface area contributed by atoms with Crippen molar-refractivity contribution in [3.05, 3.63) is 0 Å². The van der Waals surface area contributed by atoms with Crippen molar-refractivity contribution in [2.45, 2.75) is 148 Å². The van der Waals surface area contributed by atoms with Crippen molar-refractivity contribution in [2.24, 2.45) is 0 Å². The molecule has 0 radical (unpaired) electrons. The van der Waals surface area contributed by atoms with Gasteiger partial charge in [-0.3, -0.25) is 0 Å². The lowest BCUT2D eigenvalue weighted by molar-refractivity contribution is -0.119. The summed E-state index contributed by atoms with van der Waals surface area (Å²) in [5.74, 6) is 0. The van der Waals surface area contributed by atoms with Crippen molar-refractivity contribution in [3.8, 4) is 0 Å². The lowest BCUT2D eigenvalue weighted by Gasteiger charge is -2.40. The number of hydrogen-bond donors (Lipinski definition) is 0. The van der Waals surface area contributed by atoms with E-state index in [2.05, 4.69) is 40.8 Å². The molecule has 3 nitrogen and oxygen atoms in total. The van der Waals surface area contributed by atoms with Crippen molar-refractivity contribution >= 4 is 14.6 Å². The summed E-state index contributed by atoms with van der Waals surface area (Å²) in [7, 11) is -1.83. The molecule has 0 unspecified atom stereocenters. The van der Waals surface area contributed by atoms with Gasteiger partial charge in [-0.25, -0.2) is 0 Å². The molecule has 28 heavy (non-hydrogen) atoms. The third-order valence-corrected chi connectivity index (χ3v) is 11.3. The topological polar surface area (TPSA) is 35.5 Å². The standard InChI is InChI=1S/C24H48O3Si/c1-7-8-9-10-11-12-13-14-15-16-17-23(22-19-18-21(20-25)26-22)27-28(5,6)24(2,3)4/h20-23H,7-19H2,1-6H3/t21-,22+,23+/m1/s1. The van der Waals surface area contributed by atoms with Gasteiger partial charge in [0.15, 0.2) is 8.32 Å². The van der Waals surface area contributed by atoms with Crippen LogP contribution in [0.15, 0.2) is 0 Å². The van der Waals surface area contributed by atoms with E-state index in [0.717, 1.165) is 25.5 Å². The average molecular weight is 413 g/mol. The van der Waals surface area contributed by atoms with Gasteiger partial charge in [0.05, 0.1) is 12.2 Å². The van der Waals surface area contributed by atoms with Crippen LogP contribution in [0.3, 0.4) is 0 Å². The van der Waals surface area contributed by atoms with Gasteiger partial charge < -0.3 is 14.0 Å². The molecule has 1 rings (SSSR count). The molecule has 3 atom stereocenters. The first-order valence-corrected chi connectivity index (χ1v) is 14.9. The Morgan fingerprint density at radius 3 is 1.96 bits per heavy atom. The van der Waals surface area contributed by atoms with Crippen LogP contribution in [-0.4, -0.2) is 32.9 Å². The van der Waals surface area contributed by atoms with Gasteiger partial charge in [0.2, 0.25) is 0 Å². The molecule has 0 aromatic rings. The zero-order valence-corrected chi connectivity index (χ0v) is 20.7. The lowest BCUT2D eigenvalue weighted by atomic mass is 10.0. The van der Waals surface area contributed by atoms with Crippen LogP contribution in [0.25, 0.3) is 0 Å². The van der Waals surface area contributed by atoms with E-state index >= 15 is 0 Å². The van der Waals surface area contributed by atoms with Crippen LogP contribution >= 0.6 is 0 Å². The zero-order valence-electron chi connectivity index (χ0n) is 19.7. The molecule has 0 N–H and O–H groups in total. The average Bonchev–Trinajstić information content (AvgIpc) is 3.10. The van der Waals surface area contributed by atoms with E-state index in [4.69, 9.17) is 9.16 Å². The highest BCUT2D eigenvalue weighted by atomic mass is 28.4. The molecule has 1 aliphatic heterocycles. The van der Waals surface area contributed by atoms with Crippen molar-refractivity contribution in [1.82, 2.24) is 0 Å². The summed E-state index contributed by atoms with van der Waals surface area (Å²) in [6, 6.07) is 0. The molecule has 1 saturated heterocycles. The first kappa shape index (κ1) is 25.8. The van der Waals surface area contributed by atoms with Gasteiger partial charge in [0.25, 0.3) is 0 Å². The fraction of sp³-hybridized carbons (Fsp3) is 0.958. The van der Waals surface area contributed by atoms with Crippen molar-refractivity contribution in [3.63, 3.8) is 0 Å². The minimum atomic E-state index is -1.83. The number of rotatable bonds is 15. The third-order valence-electron chi connectivity index (χ3n) is 6.75. The largest absolute Gasteiger partial charge is 0.411 e. The third kappa shape index (κ3) is 9.54. The maximum Gasteiger partial charge on any atom is 0.192 e. The molecule has 1 heterocycles.